The standard InChI is InChI=1S/C18H16FNO2/c1-12-6-7-15-14(11-22-17(15)8-12)9-18(21)20-10-13-4-2-3-5-16(13)19/h2-8,11H,9-10H2,1H3,(H,20,21). The van der Waals surface area contributed by atoms with E-state index in [1.807, 2.05) is 25.1 Å². The van der Waals surface area contributed by atoms with Gasteiger partial charge in [0.15, 0.2) is 0 Å². The highest BCUT2D eigenvalue weighted by molar-refractivity contribution is 5.87. The second-order valence-electron chi connectivity index (χ2n) is 5.31. The van der Waals surface area contributed by atoms with Crippen LogP contribution in [0.2, 0.25) is 0 Å². The number of nitrogens with one attached hydrogen (secondary N) is 1. The lowest BCUT2D eigenvalue weighted by Gasteiger charge is -2.05. The Balaban J connectivity index is 1.67. The first-order valence-corrected chi connectivity index (χ1v) is 7.10. The molecule has 2 aromatic carbocycles. The van der Waals surface area contributed by atoms with E-state index >= 15 is 0 Å². The normalized spacial score (nSPS) is 10.8. The highest BCUT2D eigenvalue weighted by Crippen LogP contribution is 2.22. The van der Waals surface area contributed by atoms with Crippen LogP contribution in [0.15, 0.2) is 53.1 Å². The smallest absolute Gasteiger partial charge is 0.224 e. The van der Waals surface area contributed by atoms with Crippen LogP contribution in [0.25, 0.3) is 11.0 Å². The maximum Gasteiger partial charge on any atom is 0.224 e. The van der Waals surface area contributed by atoms with Crippen LogP contribution in [0.3, 0.4) is 0 Å². The summed E-state index contributed by atoms with van der Waals surface area (Å²) in [5.74, 6) is -0.474. The maximum atomic E-state index is 13.5. The molecular formula is C18H16FNO2. The lowest BCUT2D eigenvalue weighted by molar-refractivity contribution is -0.120. The van der Waals surface area contributed by atoms with E-state index in [9.17, 15) is 9.18 Å². The van der Waals surface area contributed by atoms with Crippen LogP contribution < -0.4 is 5.32 Å². The summed E-state index contributed by atoms with van der Waals surface area (Å²) in [7, 11) is 0. The lowest BCUT2D eigenvalue weighted by atomic mass is 10.1. The van der Waals surface area contributed by atoms with Crippen LogP contribution in [0.5, 0.6) is 0 Å². The molecule has 0 aliphatic heterocycles. The zero-order valence-electron chi connectivity index (χ0n) is 12.2. The molecular weight excluding hydrogens is 281 g/mol. The Labute approximate surface area is 127 Å². The number of carbonyl (C=O) groups is 1. The van der Waals surface area contributed by atoms with Gasteiger partial charge >= 0.3 is 0 Å². The van der Waals surface area contributed by atoms with Gasteiger partial charge in [-0.1, -0.05) is 30.3 Å². The van der Waals surface area contributed by atoms with Crippen molar-refractivity contribution in [2.45, 2.75) is 19.9 Å². The molecule has 3 rings (SSSR count). The average molecular weight is 297 g/mol. The van der Waals surface area contributed by atoms with Crippen LogP contribution in [-0.2, 0) is 17.8 Å². The molecule has 4 heteroatoms. The number of halogens is 1. The Morgan fingerprint density at radius 2 is 2.00 bits per heavy atom. The monoisotopic (exact) mass is 297 g/mol. The van der Waals surface area contributed by atoms with E-state index in [0.29, 0.717) is 5.56 Å². The number of fused-ring (bicyclic) bond motifs is 1. The van der Waals surface area contributed by atoms with Gasteiger partial charge in [0.2, 0.25) is 5.91 Å². The third-order valence-corrected chi connectivity index (χ3v) is 3.60. The fourth-order valence-corrected chi connectivity index (χ4v) is 2.40. The highest BCUT2D eigenvalue weighted by atomic mass is 19.1. The zero-order chi connectivity index (χ0) is 15.5. The molecule has 1 N–H and O–H groups in total. The molecule has 1 amide bonds. The summed E-state index contributed by atoms with van der Waals surface area (Å²) in [5.41, 5.74) is 3.19. The Hall–Kier alpha value is -2.62. The Kier molecular flexibility index (Phi) is 3.92. The minimum Gasteiger partial charge on any atom is -0.464 e. The molecule has 0 radical (unpaired) electrons. The number of amides is 1. The maximum absolute atomic E-state index is 13.5. The van der Waals surface area contributed by atoms with Gasteiger partial charge in [-0.3, -0.25) is 4.79 Å². The van der Waals surface area contributed by atoms with Crippen LogP contribution in [0.1, 0.15) is 16.7 Å². The second kappa shape index (κ2) is 6.02. The summed E-state index contributed by atoms with van der Waals surface area (Å²) in [5, 5.41) is 3.67. The van der Waals surface area contributed by atoms with Gasteiger partial charge in [-0.25, -0.2) is 4.39 Å². The number of rotatable bonds is 4. The Morgan fingerprint density at radius 3 is 2.82 bits per heavy atom. The largest absolute Gasteiger partial charge is 0.464 e. The van der Waals surface area contributed by atoms with Crippen molar-refractivity contribution in [3.05, 3.63) is 71.2 Å². The summed E-state index contributed by atoms with van der Waals surface area (Å²) >= 11 is 0. The molecule has 0 fully saturated rings. The van der Waals surface area contributed by atoms with Gasteiger partial charge < -0.3 is 9.73 Å². The van der Waals surface area contributed by atoms with Crippen molar-refractivity contribution >= 4 is 16.9 Å². The minimum absolute atomic E-state index is 0.161. The molecule has 0 aliphatic rings. The summed E-state index contributed by atoms with van der Waals surface area (Å²) in [4.78, 5) is 12.0. The summed E-state index contributed by atoms with van der Waals surface area (Å²) < 4.78 is 19.0. The van der Waals surface area contributed by atoms with Crippen molar-refractivity contribution in [3.8, 4) is 0 Å². The lowest BCUT2D eigenvalue weighted by Crippen LogP contribution is -2.24. The number of hydrogen-bond acceptors (Lipinski definition) is 2. The van der Waals surface area contributed by atoms with Crippen molar-refractivity contribution in [1.29, 1.82) is 0 Å². The first kappa shape index (κ1) is 14.3. The predicted octanol–water partition coefficient (Wildman–Crippen LogP) is 3.74. The first-order chi connectivity index (χ1) is 10.6. The third-order valence-electron chi connectivity index (χ3n) is 3.60. The molecule has 3 aromatic rings. The van der Waals surface area contributed by atoms with E-state index in [1.54, 1.807) is 24.5 Å². The quantitative estimate of drug-likeness (QED) is 0.797. The average Bonchev–Trinajstić information content (AvgIpc) is 2.88. The van der Waals surface area contributed by atoms with Crippen LogP contribution >= 0.6 is 0 Å². The summed E-state index contributed by atoms with van der Waals surface area (Å²) in [6.45, 7) is 2.17. The number of benzene rings is 2. The zero-order valence-corrected chi connectivity index (χ0v) is 12.2. The molecule has 0 unspecified atom stereocenters. The molecule has 0 saturated carbocycles. The SMILES string of the molecule is Cc1ccc2c(CC(=O)NCc3ccccc3F)coc2c1. The highest BCUT2D eigenvalue weighted by Gasteiger charge is 2.11. The van der Waals surface area contributed by atoms with Crippen LogP contribution in [0, 0.1) is 12.7 Å². The van der Waals surface area contributed by atoms with Gasteiger partial charge in [0.25, 0.3) is 0 Å². The number of furan rings is 1. The van der Waals surface area contributed by atoms with Gasteiger partial charge in [-0.2, -0.15) is 0 Å². The molecule has 0 atom stereocenters. The van der Waals surface area contributed by atoms with Gasteiger partial charge in [0.1, 0.15) is 11.4 Å². The van der Waals surface area contributed by atoms with Crippen molar-refractivity contribution in [3.63, 3.8) is 0 Å². The van der Waals surface area contributed by atoms with Gasteiger partial charge in [0.05, 0.1) is 12.7 Å². The topological polar surface area (TPSA) is 42.2 Å². The molecule has 0 spiro atoms. The Morgan fingerprint density at radius 1 is 1.18 bits per heavy atom. The minimum atomic E-state index is -0.313. The molecule has 0 bridgehead atoms. The Bertz CT molecular complexity index is 823. The van der Waals surface area contributed by atoms with E-state index in [1.165, 1.54) is 6.07 Å². The van der Waals surface area contributed by atoms with Crippen molar-refractivity contribution in [1.82, 2.24) is 5.32 Å². The molecule has 3 nitrogen and oxygen atoms in total. The summed E-state index contributed by atoms with van der Waals surface area (Å²) in [6, 6.07) is 12.3. The van der Waals surface area contributed by atoms with Gasteiger partial charge in [0, 0.05) is 23.1 Å². The van der Waals surface area contributed by atoms with E-state index in [-0.39, 0.29) is 24.7 Å². The van der Waals surface area contributed by atoms with E-state index in [2.05, 4.69) is 5.32 Å². The van der Waals surface area contributed by atoms with Crippen LogP contribution in [0.4, 0.5) is 4.39 Å². The first-order valence-electron chi connectivity index (χ1n) is 7.10. The van der Waals surface area contributed by atoms with E-state index in [0.717, 1.165) is 22.1 Å². The molecule has 22 heavy (non-hydrogen) atoms. The van der Waals surface area contributed by atoms with Gasteiger partial charge in [-0.05, 0) is 24.6 Å². The van der Waals surface area contributed by atoms with Crippen molar-refractivity contribution in [2.75, 3.05) is 0 Å². The fraction of sp³-hybridized carbons (Fsp3) is 0.167. The number of carbonyl (C=O) groups excluding carboxylic acids is 1. The number of hydrogen-bond donors (Lipinski definition) is 1. The summed E-state index contributed by atoms with van der Waals surface area (Å²) in [6.07, 6.45) is 1.82. The predicted molar refractivity (Wildman–Crippen MR) is 82.9 cm³/mol. The molecule has 1 heterocycles. The molecule has 0 saturated heterocycles. The molecule has 0 aliphatic carbocycles. The van der Waals surface area contributed by atoms with Crippen LogP contribution in [-0.4, -0.2) is 5.91 Å². The second-order valence-corrected chi connectivity index (χ2v) is 5.31. The fourth-order valence-electron chi connectivity index (χ4n) is 2.40. The van der Waals surface area contributed by atoms with E-state index < -0.39 is 0 Å². The molecule has 112 valence electrons. The third kappa shape index (κ3) is 3.01. The van der Waals surface area contributed by atoms with E-state index in [4.69, 9.17) is 4.42 Å². The van der Waals surface area contributed by atoms with Crippen molar-refractivity contribution in [2.24, 2.45) is 0 Å². The van der Waals surface area contributed by atoms with Crippen molar-refractivity contribution < 1.29 is 13.6 Å². The number of aryl methyl sites for hydroxylation is 1. The molecule has 1 aromatic heterocycles. The van der Waals surface area contributed by atoms with Gasteiger partial charge in [-0.15, -0.1) is 0 Å².